The predicted octanol–water partition coefficient (Wildman–Crippen LogP) is -2.26. The Morgan fingerprint density at radius 1 is 1.25 bits per heavy atom. The highest BCUT2D eigenvalue weighted by Crippen LogP contribution is 1.86. The van der Waals surface area contributed by atoms with Crippen molar-refractivity contribution in [2.45, 2.75) is 12.5 Å². The number of rotatable bonds is 5. The second-order valence-electron chi connectivity index (χ2n) is 2.55. The van der Waals surface area contributed by atoms with Gasteiger partial charge in [0.15, 0.2) is 0 Å². The SMILES string of the molecule is NC(CC(=O)O)C(=O)O.O=S(=O)(O)CCO. The minimum atomic E-state index is -3.92. The van der Waals surface area contributed by atoms with E-state index in [1.807, 2.05) is 0 Å². The van der Waals surface area contributed by atoms with E-state index in [9.17, 15) is 18.0 Å². The molecule has 16 heavy (non-hydrogen) atoms. The fraction of sp³-hybridized carbons (Fsp3) is 0.667. The number of hydrogen-bond acceptors (Lipinski definition) is 6. The molecule has 0 fully saturated rings. The lowest BCUT2D eigenvalue weighted by molar-refractivity contribution is -0.144. The summed E-state index contributed by atoms with van der Waals surface area (Å²) in [5.41, 5.74) is 4.84. The molecule has 1 atom stereocenters. The van der Waals surface area contributed by atoms with E-state index in [0.717, 1.165) is 0 Å². The first-order valence-electron chi connectivity index (χ1n) is 3.86. The lowest BCUT2D eigenvalue weighted by Gasteiger charge is -1.99. The van der Waals surface area contributed by atoms with Gasteiger partial charge in [-0.1, -0.05) is 0 Å². The molecule has 0 saturated carbocycles. The standard InChI is InChI=1S/C4H7NO4.C2H6O4S/c5-2(4(8)9)1-3(6)7;3-1-2-7(4,5)6/h2H,1,5H2,(H,6,7)(H,8,9);3H,1-2H2,(H,4,5,6). The van der Waals surface area contributed by atoms with E-state index in [4.69, 9.17) is 25.6 Å². The monoisotopic (exact) mass is 259 g/mol. The van der Waals surface area contributed by atoms with E-state index < -0.39 is 46.9 Å². The zero-order valence-corrected chi connectivity index (χ0v) is 8.92. The number of aliphatic carboxylic acids is 2. The van der Waals surface area contributed by atoms with Gasteiger partial charge in [-0.2, -0.15) is 8.42 Å². The maximum atomic E-state index is 9.85. The number of hydrogen-bond donors (Lipinski definition) is 5. The van der Waals surface area contributed by atoms with Crippen molar-refractivity contribution in [2.75, 3.05) is 12.4 Å². The molecule has 0 bridgehead atoms. The maximum absolute atomic E-state index is 9.85. The molecule has 9 nitrogen and oxygen atoms in total. The molecular weight excluding hydrogens is 246 g/mol. The summed E-state index contributed by atoms with van der Waals surface area (Å²) in [4.78, 5) is 19.6. The first-order chi connectivity index (χ1) is 7.10. The van der Waals surface area contributed by atoms with Crippen LogP contribution in [0, 0.1) is 0 Å². The van der Waals surface area contributed by atoms with Crippen molar-refractivity contribution in [3.8, 4) is 0 Å². The summed E-state index contributed by atoms with van der Waals surface area (Å²) in [5.74, 6) is -3.07. The van der Waals surface area contributed by atoms with Crippen molar-refractivity contribution in [3.05, 3.63) is 0 Å². The molecular formula is C6H13NO8S. The van der Waals surface area contributed by atoms with E-state index >= 15 is 0 Å². The summed E-state index contributed by atoms with van der Waals surface area (Å²) in [6.07, 6.45) is -0.532. The average molecular weight is 259 g/mol. The van der Waals surface area contributed by atoms with E-state index in [0.29, 0.717) is 0 Å². The summed E-state index contributed by atoms with van der Waals surface area (Å²) in [6, 6.07) is -1.29. The third-order valence-electron chi connectivity index (χ3n) is 1.06. The molecule has 0 aromatic heterocycles. The third kappa shape index (κ3) is 15.3. The Morgan fingerprint density at radius 3 is 1.75 bits per heavy atom. The quantitative estimate of drug-likeness (QED) is 0.341. The molecule has 0 aliphatic rings. The van der Waals surface area contributed by atoms with Gasteiger partial charge in [0.1, 0.15) is 6.04 Å². The van der Waals surface area contributed by atoms with Crippen molar-refractivity contribution in [1.82, 2.24) is 0 Å². The van der Waals surface area contributed by atoms with E-state index in [1.54, 1.807) is 0 Å². The fourth-order valence-electron chi connectivity index (χ4n) is 0.391. The fourth-order valence-corrected chi connectivity index (χ4v) is 0.622. The van der Waals surface area contributed by atoms with E-state index in [-0.39, 0.29) is 0 Å². The minimum absolute atomic E-state index is 0.529. The zero-order chi connectivity index (χ0) is 13.4. The normalized spacial score (nSPS) is 12.2. The van der Waals surface area contributed by atoms with Crippen LogP contribution in [0.1, 0.15) is 6.42 Å². The second kappa shape index (κ2) is 7.98. The highest BCUT2D eigenvalue weighted by Gasteiger charge is 2.14. The van der Waals surface area contributed by atoms with Crippen LogP contribution in [0.2, 0.25) is 0 Å². The number of carbonyl (C=O) groups is 2. The van der Waals surface area contributed by atoms with Gasteiger partial charge < -0.3 is 21.1 Å². The molecule has 6 N–H and O–H groups in total. The molecule has 0 saturated heterocycles. The number of nitrogens with two attached hydrogens (primary N) is 1. The smallest absolute Gasteiger partial charge is 0.321 e. The molecule has 0 aliphatic heterocycles. The van der Waals surface area contributed by atoms with Gasteiger partial charge in [0.25, 0.3) is 10.1 Å². The van der Waals surface area contributed by atoms with E-state index in [2.05, 4.69) is 0 Å². The van der Waals surface area contributed by atoms with Gasteiger partial charge in [0.05, 0.1) is 18.8 Å². The molecule has 0 heterocycles. The molecule has 96 valence electrons. The summed E-state index contributed by atoms with van der Waals surface area (Å²) in [5, 5.41) is 23.9. The molecule has 0 radical (unpaired) electrons. The molecule has 0 spiro atoms. The number of aliphatic hydroxyl groups is 1. The van der Waals surface area contributed by atoms with Gasteiger partial charge >= 0.3 is 11.9 Å². The summed E-state index contributed by atoms with van der Waals surface area (Å²) < 4.78 is 27.1. The number of carboxylic acid groups (broad SMARTS) is 2. The van der Waals surface area contributed by atoms with Crippen molar-refractivity contribution >= 4 is 22.1 Å². The van der Waals surface area contributed by atoms with Crippen molar-refractivity contribution in [1.29, 1.82) is 0 Å². The van der Waals surface area contributed by atoms with Crippen LogP contribution in [-0.4, -0.2) is 58.6 Å². The number of aliphatic hydroxyl groups excluding tert-OH is 1. The average Bonchev–Trinajstić information content (AvgIpc) is 2.01. The predicted molar refractivity (Wildman–Crippen MR) is 51.4 cm³/mol. The maximum Gasteiger partial charge on any atom is 0.321 e. The Morgan fingerprint density at radius 2 is 1.69 bits per heavy atom. The molecule has 0 aromatic carbocycles. The highest BCUT2D eigenvalue weighted by atomic mass is 32.2. The van der Waals surface area contributed by atoms with Crippen LogP contribution in [0.25, 0.3) is 0 Å². The van der Waals surface area contributed by atoms with Gasteiger partial charge in [-0.15, -0.1) is 0 Å². The Kier molecular flexibility index (Phi) is 8.57. The van der Waals surface area contributed by atoms with Crippen LogP contribution in [-0.2, 0) is 19.7 Å². The van der Waals surface area contributed by atoms with Gasteiger partial charge in [-0.05, 0) is 0 Å². The van der Waals surface area contributed by atoms with Crippen LogP contribution in [0.4, 0.5) is 0 Å². The Balaban J connectivity index is 0. The van der Waals surface area contributed by atoms with Gasteiger partial charge in [0, 0.05) is 0 Å². The van der Waals surface area contributed by atoms with Crippen LogP contribution in [0.15, 0.2) is 0 Å². The first kappa shape index (κ1) is 17.2. The van der Waals surface area contributed by atoms with Crippen LogP contribution < -0.4 is 5.73 Å². The first-order valence-corrected chi connectivity index (χ1v) is 5.47. The lowest BCUT2D eigenvalue weighted by atomic mass is 10.2. The Bertz CT molecular complexity index is 323. The molecule has 0 rings (SSSR count). The minimum Gasteiger partial charge on any atom is -0.481 e. The molecule has 0 aromatic rings. The zero-order valence-electron chi connectivity index (χ0n) is 8.11. The molecule has 0 amide bonds. The van der Waals surface area contributed by atoms with Crippen LogP contribution in [0.3, 0.4) is 0 Å². The van der Waals surface area contributed by atoms with Gasteiger partial charge in [0.2, 0.25) is 0 Å². The Labute approximate surface area is 91.2 Å². The molecule has 10 heteroatoms. The topological polar surface area (TPSA) is 175 Å². The van der Waals surface area contributed by atoms with Gasteiger partial charge in [-0.25, -0.2) is 0 Å². The van der Waals surface area contributed by atoms with E-state index in [1.165, 1.54) is 0 Å². The summed E-state index contributed by atoms with van der Waals surface area (Å²) >= 11 is 0. The van der Waals surface area contributed by atoms with Crippen molar-refractivity contribution in [2.24, 2.45) is 5.73 Å². The largest absolute Gasteiger partial charge is 0.481 e. The highest BCUT2D eigenvalue weighted by molar-refractivity contribution is 7.85. The molecule has 0 aliphatic carbocycles. The molecule has 1 unspecified atom stereocenters. The van der Waals surface area contributed by atoms with Gasteiger partial charge in [-0.3, -0.25) is 14.1 Å². The van der Waals surface area contributed by atoms with Crippen LogP contribution >= 0.6 is 0 Å². The van der Waals surface area contributed by atoms with Crippen LogP contribution in [0.5, 0.6) is 0 Å². The van der Waals surface area contributed by atoms with Crippen molar-refractivity contribution in [3.63, 3.8) is 0 Å². The third-order valence-corrected chi connectivity index (χ3v) is 1.76. The summed E-state index contributed by atoms with van der Waals surface area (Å²) in [7, 11) is -3.92. The summed E-state index contributed by atoms with van der Waals surface area (Å²) in [6.45, 7) is -0.529. The van der Waals surface area contributed by atoms with Crippen molar-refractivity contribution < 1.29 is 37.9 Å². The second-order valence-corrected chi connectivity index (χ2v) is 4.12. The lowest BCUT2D eigenvalue weighted by Crippen LogP contribution is -2.32. The Hall–Kier alpha value is -1.23. The number of carboxylic acids is 2.